The van der Waals surface area contributed by atoms with Crippen LogP contribution in [0.25, 0.3) is 16.9 Å². The van der Waals surface area contributed by atoms with Crippen LogP contribution in [0.4, 0.5) is 0 Å². The van der Waals surface area contributed by atoms with Crippen molar-refractivity contribution in [2.45, 2.75) is 12.8 Å². The zero-order valence-corrected chi connectivity index (χ0v) is 17.3. The van der Waals surface area contributed by atoms with Gasteiger partial charge in [0.15, 0.2) is 12.3 Å². The largest absolute Gasteiger partial charge is 0.451 e. The highest BCUT2D eigenvalue weighted by molar-refractivity contribution is 5.91. The Kier molecular flexibility index (Phi) is 7.72. The number of carbonyl (C=O) groups excluding carboxylic acids is 2. The van der Waals surface area contributed by atoms with Crippen molar-refractivity contribution in [3.8, 4) is 29.1 Å². The number of esters is 1. The summed E-state index contributed by atoms with van der Waals surface area (Å²) in [5.74, 6) is -1.16. The molecule has 160 valence electrons. The number of hydrogen-bond acceptors (Lipinski definition) is 6. The van der Waals surface area contributed by atoms with E-state index < -0.39 is 18.5 Å². The monoisotopic (exact) mass is 427 g/mol. The van der Waals surface area contributed by atoms with Gasteiger partial charge >= 0.3 is 5.97 Å². The second-order valence-electron chi connectivity index (χ2n) is 6.80. The lowest BCUT2D eigenvalue weighted by molar-refractivity contribution is -0.134. The third-order valence-electron chi connectivity index (χ3n) is 4.66. The summed E-state index contributed by atoms with van der Waals surface area (Å²) in [7, 11) is 0. The Labute approximate surface area is 185 Å². The van der Waals surface area contributed by atoms with Crippen molar-refractivity contribution in [3.63, 3.8) is 0 Å². The van der Waals surface area contributed by atoms with Crippen LogP contribution in [0.5, 0.6) is 0 Å². The predicted octanol–water partition coefficient (Wildman–Crippen LogP) is 3.35. The molecule has 1 amide bonds. The molecule has 0 spiro atoms. The molecule has 1 aromatic heterocycles. The van der Waals surface area contributed by atoms with Crippen LogP contribution in [0.3, 0.4) is 0 Å². The van der Waals surface area contributed by atoms with E-state index in [9.17, 15) is 9.59 Å². The van der Waals surface area contributed by atoms with Gasteiger partial charge in [-0.25, -0.2) is 9.48 Å². The van der Waals surface area contributed by atoms with Crippen molar-refractivity contribution >= 4 is 11.9 Å². The van der Waals surface area contributed by atoms with Crippen LogP contribution in [0, 0.1) is 22.7 Å². The molecule has 0 fully saturated rings. The molecule has 1 heterocycles. The molecular formula is C24H21N5O3. The van der Waals surface area contributed by atoms with E-state index in [-0.39, 0.29) is 31.6 Å². The van der Waals surface area contributed by atoms with Gasteiger partial charge < -0.3 is 9.64 Å². The Bertz CT molecular complexity index is 1130. The highest BCUT2D eigenvalue weighted by Crippen LogP contribution is 2.22. The van der Waals surface area contributed by atoms with Gasteiger partial charge in [0.2, 0.25) is 0 Å². The number of nitriles is 2. The quantitative estimate of drug-likeness (QED) is 0.484. The number of ether oxygens (including phenoxy) is 1. The molecule has 0 aliphatic rings. The zero-order valence-electron chi connectivity index (χ0n) is 17.3. The van der Waals surface area contributed by atoms with Crippen molar-refractivity contribution in [1.29, 1.82) is 10.5 Å². The maximum atomic E-state index is 12.9. The molecular weight excluding hydrogens is 406 g/mol. The van der Waals surface area contributed by atoms with Crippen LogP contribution in [0.2, 0.25) is 0 Å². The number of hydrogen-bond donors (Lipinski definition) is 0. The van der Waals surface area contributed by atoms with Crippen molar-refractivity contribution in [2.75, 3.05) is 19.7 Å². The molecule has 0 aliphatic heterocycles. The average molecular weight is 427 g/mol. The Morgan fingerprint density at radius 3 is 2.12 bits per heavy atom. The molecule has 0 radical (unpaired) electrons. The highest BCUT2D eigenvalue weighted by atomic mass is 16.5. The van der Waals surface area contributed by atoms with E-state index in [0.717, 1.165) is 5.56 Å². The third-order valence-corrected chi connectivity index (χ3v) is 4.66. The fourth-order valence-electron chi connectivity index (χ4n) is 3.07. The van der Waals surface area contributed by atoms with Gasteiger partial charge in [-0.2, -0.15) is 15.6 Å². The molecule has 8 nitrogen and oxygen atoms in total. The van der Waals surface area contributed by atoms with Crippen LogP contribution in [-0.4, -0.2) is 46.3 Å². The molecule has 3 aromatic rings. The first kappa shape index (κ1) is 22.3. The highest BCUT2D eigenvalue weighted by Gasteiger charge is 2.21. The molecule has 0 saturated heterocycles. The van der Waals surface area contributed by atoms with Crippen LogP contribution in [-0.2, 0) is 9.53 Å². The first-order valence-electron chi connectivity index (χ1n) is 10.0. The SMILES string of the molecule is N#CCCN(CCC#N)C(=O)COC(=O)c1cc(-c2ccccc2)nn1-c1ccccc1. The fraction of sp³-hybridized carbons (Fsp3) is 0.208. The van der Waals surface area contributed by atoms with Crippen LogP contribution < -0.4 is 0 Å². The van der Waals surface area contributed by atoms with Crippen molar-refractivity contribution in [3.05, 3.63) is 72.4 Å². The van der Waals surface area contributed by atoms with E-state index in [1.54, 1.807) is 6.07 Å². The normalized spacial score (nSPS) is 10.1. The van der Waals surface area contributed by atoms with E-state index in [4.69, 9.17) is 15.3 Å². The number of nitrogens with zero attached hydrogens (tertiary/aromatic N) is 5. The second-order valence-corrected chi connectivity index (χ2v) is 6.80. The van der Waals surface area contributed by atoms with Crippen molar-refractivity contribution in [2.24, 2.45) is 0 Å². The minimum Gasteiger partial charge on any atom is -0.451 e. The molecule has 0 aliphatic carbocycles. The van der Waals surface area contributed by atoms with Gasteiger partial charge in [0.1, 0.15) is 0 Å². The molecule has 0 saturated carbocycles. The Balaban J connectivity index is 1.81. The molecule has 0 unspecified atom stereocenters. The van der Waals surface area contributed by atoms with Gasteiger partial charge in [-0.15, -0.1) is 0 Å². The third kappa shape index (κ3) is 5.59. The minimum atomic E-state index is -0.697. The number of benzene rings is 2. The standard InChI is InChI=1S/C24H21N5O3/c25-13-7-15-28(16-8-14-26)23(30)18-32-24(31)22-17-21(19-9-3-1-4-10-19)27-29(22)20-11-5-2-6-12-20/h1-6,9-12,17H,7-8,15-16,18H2. The van der Waals surface area contributed by atoms with E-state index in [0.29, 0.717) is 11.4 Å². The molecule has 8 heteroatoms. The summed E-state index contributed by atoms with van der Waals surface area (Å²) >= 11 is 0. The van der Waals surface area contributed by atoms with Gasteiger partial charge in [0.25, 0.3) is 5.91 Å². The summed E-state index contributed by atoms with van der Waals surface area (Å²) in [6.07, 6.45) is 0.263. The minimum absolute atomic E-state index is 0.131. The summed E-state index contributed by atoms with van der Waals surface area (Å²) in [4.78, 5) is 26.7. The number of carbonyl (C=O) groups is 2. The number of amides is 1. The van der Waals surface area contributed by atoms with E-state index >= 15 is 0 Å². The smallest absolute Gasteiger partial charge is 0.357 e. The summed E-state index contributed by atoms with van der Waals surface area (Å²) in [6, 6.07) is 24.1. The first-order valence-corrected chi connectivity index (χ1v) is 10.0. The van der Waals surface area contributed by atoms with E-state index in [1.807, 2.05) is 72.8 Å². The molecule has 0 bridgehead atoms. The summed E-state index contributed by atoms with van der Waals surface area (Å²) in [5, 5.41) is 22.1. The van der Waals surface area contributed by atoms with Gasteiger partial charge in [-0.3, -0.25) is 4.79 Å². The van der Waals surface area contributed by atoms with Crippen LogP contribution >= 0.6 is 0 Å². The Morgan fingerprint density at radius 2 is 1.53 bits per heavy atom. The molecule has 0 N–H and O–H groups in total. The van der Waals surface area contributed by atoms with Crippen LogP contribution in [0.1, 0.15) is 23.3 Å². The number of rotatable bonds is 9. The molecule has 3 rings (SSSR count). The van der Waals surface area contributed by atoms with E-state index in [2.05, 4.69) is 5.10 Å². The lowest BCUT2D eigenvalue weighted by Gasteiger charge is -2.20. The lowest BCUT2D eigenvalue weighted by atomic mass is 10.1. The van der Waals surface area contributed by atoms with Crippen molar-refractivity contribution < 1.29 is 14.3 Å². The van der Waals surface area contributed by atoms with Crippen molar-refractivity contribution in [1.82, 2.24) is 14.7 Å². The molecule has 2 aromatic carbocycles. The number of para-hydroxylation sites is 1. The Morgan fingerprint density at radius 1 is 0.938 bits per heavy atom. The van der Waals surface area contributed by atoms with E-state index in [1.165, 1.54) is 9.58 Å². The predicted molar refractivity (Wildman–Crippen MR) is 116 cm³/mol. The lowest BCUT2D eigenvalue weighted by Crippen LogP contribution is -2.36. The summed E-state index contributed by atoms with van der Waals surface area (Å²) in [5.41, 5.74) is 2.30. The fourth-order valence-corrected chi connectivity index (χ4v) is 3.07. The maximum absolute atomic E-state index is 12.9. The molecule has 0 atom stereocenters. The second kappa shape index (κ2) is 11.1. The van der Waals surface area contributed by atoms with Gasteiger partial charge in [-0.05, 0) is 18.2 Å². The topological polar surface area (TPSA) is 112 Å². The van der Waals surface area contributed by atoms with Gasteiger partial charge in [-0.1, -0.05) is 48.5 Å². The van der Waals surface area contributed by atoms with Crippen LogP contribution in [0.15, 0.2) is 66.7 Å². The number of aromatic nitrogens is 2. The summed E-state index contributed by atoms with van der Waals surface area (Å²) in [6.45, 7) is -0.139. The summed E-state index contributed by atoms with van der Waals surface area (Å²) < 4.78 is 6.77. The molecule has 32 heavy (non-hydrogen) atoms. The maximum Gasteiger partial charge on any atom is 0.357 e. The van der Waals surface area contributed by atoms with Gasteiger partial charge in [0.05, 0.1) is 36.4 Å². The first-order chi connectivity index (χ1) is 15.6. The average Bonchev–Trinajstić information content (AvgIpc) is 3.29. The Hall–Kier alpha value is -4.43. The van der Waals surface area contributed by atoms with Gasteiger partial charge in [0, 0.05) is 18.7 Å². The zero-order chi connectivity index (χ0) is 22.8.